The topological polar surface area (TPSA) is 167 Å². The van der Waals surface area contributed by atoms with Gasteiger partial charge in [-0.3, -0.25) is 24.0 Å². The molecule has 0 aliphatic heterocycles. The van der Waals surface area contributed by atoms with Crippen molar-refractivity contribution in [2.45, 2.75) is 19.8 Å². The first kappa shape index (κ1) is 28.4. The number of pyridine rings is 1. The minimum absolute atomic E-state index is 0.0681. The SMILES string of the molecule is C=C/C=N\c1c(C(N)=O)c(N)nn1C.CCc1cc2cccc(CC(=O)c3cn[nH]c3)c2c(=O)n1-c1ccccc1. The zero-order chi connectivity index (χ0) is 29.5. The number of carbonyl (C=O) groups excluding carboxylic acids is 2. The highest BCUT2D eigenvalue weighted by Gasteiger charge is 2.18. The van der Waals surface area contributed by atoms with Gasteiger partial charge >= 0.3 is 0 Å². The second kappa shape index (κ2) is 12.5. The third kappa shape index (κ3) is 6.04. The van der Waals surface area contributed by atoms with Crippen LogP contribution in [0, 0.1) is 0 Å². The Morgan fingerprint density at radius 2 is 1.90 bits per heavy atom. The summed E-state index contributed by atoms with van der Waals surface area (Å²) in [6, 6.07) is 17.3. The van der Waals surface area contributed by atoms with Gasteiger partial charge in [-0.25, -0.2) is 9.67 Å². The number of para-hydroxylation sites is 1. The average Bonchev–Trinajstić information content (AvgIpc) is 3.60. The van der Waals surface area contributed by atoms with E-state index in [0.717, 1.165) is 28.8 Å². The van der Waals surface area contributed by atoms with Crippen molar-refractivity contribution in [2.75, 3.05) is 5.73 Å². The largest absolute Gasteiger partial charge is 0.381 e. The summed E-state index contributed by atoms with van der Waals surface area (Å²) in [5.41, 5.74) is 13.7. The summed E-state index contributed by atoms with van der Waals surface area (Å²) in [7, 11) is 1.62. The number of fused-ring (bicyclic) bond motifs is 1. The predicted octanol–water partition coefficient (Wildman–Crippen LogP) is 3.69. The van der Waals surface area contributed by atoms with E-state index in [1.807, 2.05) is 61.5 Å². The van der Waals surface area contributed by atoms with Gasteiger partial charge in [-0.05, 0) is 35.6 Å². The molecule has 11 nitrogen and oxygen atoms in total. The maximum absolute atomic E-state index is 13.4. The van der Waals surface area contributed by atoms with E-state index < -0.39 is 5.91 Å². The van der Waals surface area contributed by atoms with Crippen molar-refractivity contribution in [1.82, 2.24) is 24.5 Å². The molecule has 3 aromatic heterocycles. The number of benzene rings is 2. The number of ketones is 1. The van der Waals surface area contributed by atoms with Gasteiger partial charge in [-0.15, -0.1) is 0 Å². The number of allylic oxidation sites excluding steroid dienone is 1. The fourth-order valence-electron chi connectivity index (χ4n) is 4.48. The number of aryl methyl sites for hydroxylation is 2. The molecule has 5 N–H and O–H groups in total. The molecule has 5 rings (SSSR count). The van der Waals surface area contributed by atoms with Gasteiger partial charge in [0.2, 0.25) is 0 Å². The lowest BCUT2D eigenvalue weighted by Gasteiger charge is -2.15. The summed E-state index contributed by atoms with van der Waals surface area (Å²) in [6.45, 7) is 5.49. The van der Waals surface area contributed by atoms with Crippen molar-refractivity contribution in [3.63, 3.8) is 0 Å². The second-order valence-electron chi connectivity index (χ2n) is 9.02. The van der Waals surface area contributed by atoms with Gasteiger partial charge in [0.1, 0.15) is 5.56 Å². The van der Waals surface area contributed by atoms with Gasteiger partial charge in [0, 0.05) is 37.3 Å². The number of rotatable bonds is 8. The van der Waals surface area contributed by atoms with E-state index in [1.165, 1.54) is 23.2 Å². The van der Waals surface area contributed by atoms with Gasteiger partial charge in [0.15, 0.2) is 17.4 Å². The molecule has 0 spiro atoms. The number of nitrogens with one attached hydrogen (secondary N) is 1. The van der Waals surface area contributed by atoms with Gasteiger partial charge in [-0.2, -0.15) is 10.2 Å². The van der Waals surface area contributed by atoms with Gasteiger partial charge < -0.3 is 11.5 Å². The number of hydrogen-bond acceptors (Lipinski definition) is 7. The van der Waals surface area contributed by atoms with Crippen LogP contribution in [0.4, 0.5) is 11.6 Å². The summed E-state index contributed by atoms with van der Waals surface area (Å²) in [6.07, 6.45) is 6.89. The third-order valence-electron chi connectivity index (χ3n) is 6.35. The number of anilines is 1. The first-order chi connectivity index (χ1) is 19.8. The summed E-state index contributed by atoms with van der Waals surface area (Å²) in [4.78, 5) is 40.9. The lowest BCUT2D eigenvalue weighted by molar-refractivity contribution is 0.0988. The summed E-state index contributed by atoms with van der Waals surface area (Å²) in [5, 5.41) is 11.8. The molecule has 0 saturated carbocycles. The van der Waals surface area contributed by atoms with Crippen LogP contribution < -0.4 is 17.0 Å². The molecule has 1 amide bonds. The van der Waals surface area contributed by atoms with Crippen molar-refractivity contribution < 1.29 is 9.59 Å². The first-order valence-corrected chi connectivity index (χ1v) is 12.8. The Labute approximate surface area is 235 Å². The number of Topliss-reactive ketones (excluding diaryl/α,β-unsaturated/α-hetero) is 1. The maximum Gasteiger partial charge on any atom is 0.263 e. The number of primary amides is 1. The van der Waals surface area contributed by atoms with Crippen LogP contribution in [0.15, 0.2) is 89.4 Å². The van der Waals surface area contributed by atoms with Crippen LogP contribution in [0.2, 0.25) is 0 Å². The Bertz CT molecular complexity index is 1800. The van der Waals surface area contributed by atoms with E-state index in [9.17, 15) is 14.4 Å². The first-order valence-electron chi connectivity index (χ1n) is 12.8. The number of hydrogen-bond donors (Lipinski definition) is 3. The van der Waals surface area contributed by atoms with Gasteiger partial charge in [0.05, 0.1) is 17.1 Å². The Kier molecular flexibility index (Phi) is 8.68. The molecular formula is C30H30N8O3. The number of H-pyrrole nitrogens is 1. The van der Waals surface area contributed by atoms with Crippen LogP contribution in [0.1, 0.15) is 38.9 Å². The monoisotopic (exact) mass is 550 g/mol. The van der Waals surface area contributed by atoms with Crippen molar-refractivity contribution >= 4 is 40.3 Å². The van der Waals surface area contributed by atoms with Crippen molar-refractivity contribution in [1.29, 1.82) is 0 Å². The average molecular weight is 551 g/mol. The molecule has 0 unspecified atom stereocenters. The minimum Gasteiger partial charge on any atom is -0.381 e. The molecule has 0 fully saturated rings. The van der Waals surface area contributed by atoms with Crippen LogP contribution >= 0.6 is 0 Å². The smallest absolute Gasteiger partial charge is 0.263 e. The molecule has 2 aromatic carbocycles. The maximum atomic E-state index is 13.4. The highest BCUT2D eigenvalue weighted by molar-refractivity contribution is 6.02. The molecule has 0 atom stereocenters. The van der Waals surface area contributed by atoms with E-state index in [2.05, 4.69) is 26.9 Å². The third-order valence-corrected chi connectivity index (χ3v) is 6.35. The zero-order valence-corrected chi connectivity index (χ0v) is 22.7. The molecule has 41 heavy (non-hydrogen) atoms. The summed E-state index contributed by atoms with van der Waals surface area (Å²) >= 11 is 0. The Hall–Kier alpha value is -5.58. The normalized spacial score (nSPS) is 10.9. The molecule has 208 valence electrons. The summed E-state index contributed by atoms with van der Waals surface area (Å²) in [5.74, 6) is -0.306. The quantitative estimate of drug-likeness (QED) is 0.197. The van der Waals surface area contributed by atoms with Crippen molar-refractivity contribution in [2.24, 2.45) is 17.8 Å². The Morgan fingerprint density at radius 1 is 1.15 bits per heavy atom. The number of nitrogens with two attached hydrogens (primary N) is 2. The standard InChI is InChI=1S/C22H19N3O2.C8H11N5O/c1-2-18-11-15-7-6-8-16(12-20(26)17-13-23-24-14-17)21(15)22(27)25(18)19-9-4-3-5-10-19;1-3-4-11-8-5(7(10)14)6(9)12-13(8)2/h3-11,13-14H,2,12H2,1H3,(H,23,24);3-4H,1H2,2H3,(H2,9,12)(H2,10,14)/b;11-4-. The Morgan fingerprint density at radius 3 is 2.54 bits per heavy atom. The fourth-order valence-corrected chi connectivity index (χ4v) is 4.48. The predicted molar refractivity (Wildman–Crippen MR) is 160 cm³/mol. The van der Waals surface area contributed by atoms with Crippen LogP contribution in [-0.4, -0.2) is 42.4 Å². The van der Waals surface area contributed by atoms with Crippen LogP contribution in [-0.2, 0) is 19.9 Å². The highest BCUT2D eigenvalue weighted by Crippen LogP contribution is 2.23. The molecule has 0 aliphatic carbocycles. The number of aliphatic imine (C=N–C) groups is 1. The van der Waals surface area contributed by atoms with Crippen molar-refractivity contribution in [3.8, 4) is 5.69 Å². The minimum atomic E-state index is -0.646. The number of aromatic nitrogens is 5. The Balaban J connectivity index is 0.000000234. The molecule has 11 heteroatoms. The van der Waals surface area contributed by atoms with Gasteiger partial charge in [-0.1, -0.05) is 56.0 Å². The van der Waals surface area contributed by atoms with E-state index in [-0.39, 0.29) is 29.1 Å². The van der Waals surface area contributed by atoms with E-state index in [4.69, 9.17) is 11.5 Å². The summed E-state index contributed by atoms with van der Waals surface area (Å²) < 4.78 is 3.13. The number of aromatic amines is 1. The molecule has 0 bridgehead atoms. The molecule has 3 heterocycles. The number of nitrogen functional groups attached to an aromatic ring is 1. The number of amides is 1. The molecule has 5 aromatic rings. The molecular weight excluding hydrogens is 520 g/mol. The molecule has 0 aliphatic rings. The van der Waals surface area contributed by atoms with E-state index in [0.29, 0.717) is 16.8 Å². The lowest BCUT2D eigenvalue weighted by atomic mass is 9.99. The zero-order valence-electron chi connectivity index (χ0n) is 22.7. The number of carbonyl (C=O) groups is 2. The van der Waals surface area contributed by atoms with Crippen molar-refractivity contribution in [3.05, 3.63) is 112 Å². The van der Waals surface area contributed by atoms with Crippen LogP contribution in [0.5, 0.6) is 0 Å². The second-order valence-corrected chi connectivity index (χ2v) is 9.02. The van der Waals surface area contributed by atoms with Crippen LogP contribution in [0.3, 0.4) is 0 Å². The highest BCUT2D eigenvalue weighted by atomic mass is 16.1. The fraction of sp³-hybridized carbons (Fsp3) is 0.133. The molecule has 0 saturated heterocycles. The molecule has 0 radical (unpaired) electrons. The number of nitrogens with zero attached hydrogens (tertiary/aromatic N) is 5. The van der Waals surface area contributed by atoms with E-state index >= 15 is 0 Å². The lowest BCUT2D eigenvalue weighted by Crippen LogP contribution is -2.23. The van der Waals surface area contributed by atoms with E-state index in [1.54, 1.807) is 17.8 Å². The van der Waals surface area contributed by atoms with Gasteiger partial charge in [0.25, 0.3) is 11.5 Å². The van der Waals surface area contributed by atoms with Crippen LogP contribution in [0.25, 0.3) is 16.5 Å².